The van der Waals surface area contributed by atoms with Crippen molar-refractivity contribution in [3.63, 3.8) is 0 Å². The van der Waals surface area contributed by atoms with Gasteiger partial charge in [-0.2, -0.15) is 0 Å². The Morgan fingerprint density at radius 1 is 1.29 bits per heavy atom. The third-order valence-corrected chi connectivity index (χ3v) is 5.43. The zero-order valence-corrected chi connectivity index (χ0v) is 17.1. The van der Waals surface area contributed by atoms with Crippen molar-refractivity contribution in [3.05, 3.63) is 63.7 Å². The number of benzene rings is 2. The van der Waals surface area contributed by atoms with Crippen LogP contribution in [0.3, 0.4) is 0 Å². The number of rotatable bonds is 7. The van der Waals surface area contributed by atoms with Crippen LogP contribution < -0.4 is 10.1 Å². The van der Waals surface area contributed by atoms with E-state index in [0.717, 1.165) is 37.2 Å². The van der Waals surface area contributed by atoms with Crippen molar-refractivity contribution in [1.29, 1.82) is 0 Å². The Morgan fingerprint density at radius 2 is 2.04 bits per heavy atom. The van der Waals surface area contributed by atoms with E-state index in [9.17, 15) is 9.18 Å². The van der Waals surface area contributed by atoms with Crippen molar-refractivity contribution < 1.29 is 13.9 Å². The number of carbonyl (C=O) groups excluding carboxylic acids is 1. The van der Waals surface area contributed by atoms with Crippen molar-refractivity contribution in [3.8, 4) is 5.75 Å². The fraction of sp³-hybridized carbons (Fsp3) is 0.409. The highest BCUT2D eigenvalue weighted by Crippen LogP contribution is 2.34. The summed E-state index contributed by atoms with van der Waals surface area (Å²) in [6, 6.07) is 12.2. The van der Waals surface area contributed by atoms with Crippen LogP contribution in [0.15, 0.2) is 36.4 Å². The number of nitrogens with zero attached hydrogens (tertiary/aromatic N) is 1. The number of ether oxygens (including phenoxy) is 1. The van der Waals surface area contributed by atoms with Crippen LogP contribution in [0.4, 0.5) is 4.39 Å². The molecule has 1 aliphatic rings. The van der Waals surface area contributed by atoms with Gasteiger partial charge in [0.1, 0.15) is 19.0 Å². The maximum Gasteiger partial charge on any atom is 0.217 e. The van der Waals surface area contributed by atoms with Crippen molar-refractivity contribution >= 4 is 17.5 Å². The Kier molecular flexibility index (Phi) is 6.92. The van der Waals surface area contributed by atoms with Crippen molar-refractivity contribution in [1.82, 2.24) is 10.2 Å². The van der Waals surface area contributed by atoms with Gasteiger partial charge in [-0.05, 0) is 41.7 Å². The fourth-order valence-corrected chi connectivity index (χ4v) is 3.93. The zero-order chi connectivity index (χ0) is 20.1. The maximum atomic E-state index is 12.3. The van der Waals surface area contributed by atoms with Gasteiger partial charge in [0.2, 0.25) is 5.91 Å². The normalized spacial score (nSPS) is 15.0. The lowest BCUT2D eigenvalue weighted by atomic mass is 9.98. The molecule has 0 fully saturated rings. The minimum atomic E-state index is -0.524. The summed E-state index contributed by atoms with van der Waals surface area (Å²) in [5.74, 6) is 0.538. The molecule has 0 saturated heterocycles. The molecule has 1 heterocycles. The van der Waals surface area contributed by atoms with Crippen LogP contribution in [0.1, 0.15) is 42.1 Å². The molecule has 28 heavy (non-hydrogen) atoms. The first-order chi connectivity index (χ1) is 13.5. The van der Waals surface area contributed by atoms with Crippen LogP contribution in [0.2, 0.25) is 5.02 Å². The second kappa shape index (κ2) is 9.39. The Labute approximate surface area is 170 Å². The lowest BCUT2D eigenvalue weighted by molar-refractivity contribution is -0.119. The summed E-state index contributed by atoms with van der Waals surface area (Å²) >= 11 is 6.46. The van der Waals surface area contributed by atoms with Crippen LogP contribution in [0, 0.1) is 0 Å². The molecule has 3 rings (SSSR count). The van der Waals surface area contributed by atoms with Gasteiger partial charge >= 0.3 is 0 Å². The first-order valence-corrected chi connectivity index (χ1v) is 9.93. The lowest BCUT2D eigenvalue weighted by Crippen LogP contribution is -2.30. The van der Waals surface area contributed by atoms with E-state index >= 15 is 0 Å². The SMILES string of the molecule is CC(=O)NC(C)c1ccc(CN2CCc3c(ccc(OCCF)c3Cl)C2)cc1. The third-order valence-electron chi connectivity index (χ3n) is 5.02. The van der Waals surface area contributed by atoms with E-state index in [1.165, 1.54) is 18.1 Å². The summed E-state index contributed by atoms with van der Waals surface area (Å²) in [7, 11) is 0. The van der Waals surface area contributed by atoms with E-state index in [4.69, 9.17) is 16.3 Å². The Hall–Kier alpha value is -2.11. The number of carbonyl (C=O) groups is 1. The summed E-state index contributed by atoms with van der Waals surface area (Å²) in [6.45, 7) is 5.59. The summed E-state index contributed by atoms with van der Waals surface area (Å²) in [5, 5.41) is 3.51. The van der Waals surface area contributed by atoms with E-state index in [-0.39, 0.29) is 18.6 Å². The fourth-order valence-electron chi connectivity index (χ4n) is 3.60. The van der Waals surface area contributed by atoms with Crippen LogP contribution >= 0.6 is 11.6 Å². The first kappa shape index (κ1) is 20.6. The molecule has 4 nitrogen and oxygen atoms in total. The van der Waals surface area contributed by atoms with Gasteiger partial charge in [0, 0.05) is 26.6 Å². The van der Waals surface area contributed by atoms with Crippen LogP contribution in [-0.2, 0) is 24.3 Å². The van der Waals surface area contributed by atoms with Gasteiger partial charge < -0.3 is 10.1 Å². The largest absolute Gasteiger partial charge is 0.489 e. The Morgan fingerprint density at radius 3 is 2.71 bits per heavy atom. The predicted molar refractivity (Wildman–Crippen MR) is 109 cm³/mol. The second-order valence-electron chi connectivity index (χ2n) is 7.18. The second-order valence-corrected chi connectivity index (χ2v) is 7.56. The van der Waals surface area contributed by atoms with E-state index in [0.29, 0.717) is 10.8 Å². The van der Waals surface area contributed by atoms with Gasteiger partial charge in [-0.1, -0.05) is 41.9 Å². The molecule has 0 aliphatic carbocycles. The van der Waals surface area contributed by atoms with E-state index in [1.54, 1.807) is 0 Å². The quantitative estimate of drug-likeness (QED) is 0.741. The molecule has 0 radical (unpaired) electrons. The molecule has 0 saturated carbocycles. The number of alkyl halides is 1. The maximum absolute atomic E-state index is 12.3. The number of amides is 1. The number of halogens is 2. The molecule has 2 aromatic rings. The minimum absolute atomic E-state index is 0.00404. The lowest BCUT2D eigenvalue weighted by Gasteiger charge is -2.30. The highest BCUT2D eigenvalue weighted by molar-refractivity contribution is 6.33. The highest BCUT2D eigenvalue weighted by atomic mass is 35.5. The molecule has 0 spiro atoms. The number of fused-ring (bicyclic) bond motifs is 1. The number of hydrogen-bond acceptors (Lipinski definition) is 3. The van der Waals surface area contributed by atoms with Gasteiger partial charge in [-0.3, -0.25) is 9.69 Å². The molecule has 1 amide bonds. The summed E-state index contributed by atoms with van der Waals surface area (Å²) in [5.41, 5.74) is 4.63. The minimum Gasteiger partial charge on any atom is -0.489 e. The van der Waals surface area contributed by atoms with Gasteiger partial charge in [0.25, 0.3) is 0 Å². The summed E-state index contributed by atoms with van der Waals surface area (Å²) in [4.78, 5) is 13.6. The molecule has 1 N–H and O–H groups in total. The highest BCUT2D eigenvalue weighted by Gasteiger charge is 2.21. The number of nitrogens with one attached hydrogen (secondary N) is 1. The monoisotopic (exact) mass is 404 g/mol. The molecule has 0 bridgehead atoms. The molecule has 1 unspecified atom stereocenters. The van der Waals surface area contributed by atoms with Crippen LogP contribution in [-0.4, -0.2) is 30.6 Å². The molecule has 2 aromatic carbocycles. The standard InChI is InChI=1S/C22H26ClFN2O2/c1-15(25-16(2)27)18-5-3-17(4-6-18)13-26-11-9-20-19(14-26)7-8-21(22(20)23)28-12-10-24/h3-8,15H,9-14H2,1-2H3,(H,25,27). The van der Waals surface area contributed by atoms with Gasteiger partial charge in [-0.25, -0.2) is 4.39 Å². The van der Waals surface area contributed by atoms with E-state index < -0.39 is 6.67 Å². The molecular weight excluding hydrogens is 379 g/mol. The van der Waals surface area contributed by atoms with Crippen molar-refractivity contribution in [2.75, 3.05) is 19.8 Å². The Balaban J connectivity index is 1.63. The van der Waals surface area contributed by atoms with Gasteiger partial charge in [0.15, 0.2) is 0 Å². The average molecular weight is 405 g/mol. The van der Waals surface area contributed by atoms with Crippen molar-refractivity contribution in [2.45, 2.75) is 39.4 Å². The smallest absolute Gasteiger partial charge is 0.217 e. The molecule has 0 aromatic heterocycles. The summed E-state index contributed by atoms with van der Waals surface area (Å²) < 4.78 is 17.7. The van der Waals surface area contributed by atoms with Gasteiger partial charge in [-0.15, -0.1) is 0 Å². The molecule has 150 valence electrons. The molecular formula is C22H26ClFN2O2. The first-order valence-electron chi connectivity index (χ1n) is 9.55. The average Bonchev–Trinajstić information content (AvgIpc) is 2.67. The Bertz CT molecular complexity index is 826. The predicted octanol–water partition coefficient (Wildman–Crippen LogP) is 4.44. The summed E-state index contributed by atoms with van der Waals surface area (Å²) in [6.07, 6.45) is 0.846. The number of hydrogen-bond donors (Lipinski definition) is 1. The molecule has 1 aliphatic heterocycles. The molecule has 6 heteroatoms. The molecule has 1 atom stereocenters. The van der Waals surface area contributed by atoms with Crippen LogP contribution in [0.25, 0.3) is 0 Å². The van der Waals surface area contributed by atoms with E-state index in [1.807, 2.05) is 19.1 Å². The van der Waals surface area contributed by atoms with E-state index in [2.05, 4.69) is 34.5 Å². The van der Waals surface area contributed by atoms with Crippen LogP contribution in [0.5, 0.6) is 5.75 Å². The third kappa shape index (κ3) is 5.03. The van der Waals surface area contributed by atoms with Crippen molar-refractivity contribution in [2.24, 2.45) is 0 Å². The zero-order valence-electron chi connectivity index (χ0n) is 16.3. The van der Waals surface area contributed by atoms with Gasteiger partial charge in [0.05, 0.1) is 11.1 Å². The topological polar surface area (TPSA) is 41.6 Å².